The van der Waals surface area contributed by atoms with Crippen LogP contribution in [0.2, 0.25) is 0 Å². The molecule has 1 spiro atoms. The van der Waals surface area contributed by atoms with E-state index in [4.69, 9.17) is 0 Å². The highest BCUT2D eigenvalue weighted by molar-refractivity contribution is 7.90. The second-order valence-electron chi connectivity index (χ2n) is 13.1. The largest absolute Gasteiger partial charge is 0.307 e. The Balaban J connectivity index is 1.26. The summed E-state index contributed by atoms with van der Waals surface area (Å²) in [5.41, 5.74) is 1.55. The number of hydrogen-bond donors (Lipinski definition) is 3. The van der Waals surface area contributed by atoms with E-state index in [1.54, 1.807) is 12.1 Å². The summed E-state index contributed by atoms with van der Waals surface area (Å²) in [6.45, 7) is 3.44. The molecule has 7 atom stereocenters. The Bertz CT molecular complexity index is 1010. The first-order valence-corrected chi connectivity index (χ1v) is 16.2. The molecular formula is C29H45N3O2S. The van der Waals surface area contributed by atoms with Gasteiger partial charge in [0.25, 0.3) is 0 Å². The smallest absolute Gasteiger partial charge is 0.175 e. The number of benzene rings is 1. The molecule has 3 N–H and O–H groups in total. The molecule has 1 aliphatic heterocycles. The quantitative estimate of drug-likeness (QED) is 0.548. The fourth-order valence-corrected chi connectivity index (χ4v) is 9.66. The van der Waals surface area contributed by atoms with Crippen molar-refractivity contribution >= 4 is 9.84 Å². The second kappa shape index (κ2) is 9.11. The minimum atomic E-state index is -3.19. The summed E-state index contributed by atoms with van der Waals surface area (Å²) in [5.74, 6) is 3.71. The minimum Gasteiger partial charge on any atom is -0.307 e. The van der Waals surface area contributed by atoms with Crippen LogP contribution in [0.5, 0.6) is 0 Å². The van der Waals surface area contributed by atoms with Gasteiger partial charge in [-0.05, 0) is 86.3 Å². The number of rotatable bonds is 4. The van der Waals surface area contributed by atoms with Crippen LogP contribution in [0.3, 0.4) is 0 Å². The Labute approximate surface area is 212 Å². The number of sulfone groups is 1. The first-order valence-electron chi connectivity index (χ1n) is 14.3. The molecule has 4 aliphatic carbocycles. The van der Waals surface area contributed by atoms with Crippen molar-refractivity contribution in [2.75, 3.05) is 12.8 Å². The summed E-state index contributed by atoms with van der Waals surface area (Å²) >= 11 is 0. The molecule has 35 heavy (non-hydrogen) atoms. The lowest BCUT2D eigenvalue weighted by molar-refractivity contribution is 0.0712. The molecule has 1 aromatic carbocycles. The Morgan fingerprint density at radius 1 is 0.914 bits per heavy atom. The van der Waals surface area contributed by atoms with Gasteiger partial charge in [0.1, 0.15) is 0 Å². The van der Waals surface area contributed by atoms with Gasteiger partial charge in [0.05, 0.1) is 17.1 Å². The SMILES string of the molecule is CC1CC2CC3CC(NC4CNC5(CCCCCCC5)C(c5ccc(S(C)(=O)=O)cc5)N4)(C1)CC23. The zero-order valence-electron chi connectivity index (χ0n) is 21.7. The van der Waals surface area contributed by atoms with Gasteiger partial charge in [-0.3, -0.25) is 10.6 Å². The van der Waals surface area contributed by atoms with Crippen molar-refractivity contribution in [1.29, 1.82) is 0 Å². The van der Waals surface area contributed by atoms with Crippen LogP contribution < -0.4 is 16.0 Å². The van der Waals surface area contributed by atoms with E-state index in [0.717, 1.165) is 30.2 Å². The average molecular weight is 500 g/mol. The molecule has 0 amide bonds. The van der Waals surface area contributed by atoms with E-state index in [2.05, 4.69) is 35.0 Å². The van der Waals surface area contributed by atoms with Gasteiger partial charge in [-0.25, -0.2) is 8.42 Å². The molecule has 0 aromatic heterocycles. The van der Waals surface area contributed by atoms with Crippen LogP contribution in [0.4, 0.5) is 0 Å². The third-order valence-corrected chi connectivity index (χ3v) is 11.6. The Kier molecular flexibility index (Phi) is 6.35. The molecule has 1 aromatic rings. The molecule has 6 rings (SSSR count). The Morgan fingerprint density at radius 2 is 1.63 bits per heavy atom. The summed E-state index contributed by atoms with van der Waals surface area (Å²) in [4.78, 5) is 0.411. The van der Waals surface area contributed by atoms with Crippen LogP contribution >= 0.6 is 0 Å². The number of fused-ring (bicyclic) bond motifs is 1. The highest BCUT2D eigenvalue weighted by Gasteiger charge is 2.57. The van der Waals surface area contributed by atoms with E-state index in [0.29, 0.717) is 4.90 Å². The molecule has 7 unspecified atom stereocenters. The van der Waals surface area contributed by atoms with Crippen molar-refractivity contribution < 1.29 is 8.42 Å². The molecule has 6 heteroatoms. The molecule has 2 bridgehead atoms. The predicted octanol–water partition coefficient (Wildman–Crippen LogP) is 4.94. The fourth-order valence-electron chi connectivity index (χ4n) is 9.03. The number of piperazine rings is 1. The lowest BCUT2D eigenvalue weighted by atomic mass is 9.63. The van der Waals surface area contributed by atoms with E-state index >= 15 is 0 Å². The van der Waals surface area contributed by atoms with Crippen LogP contribution in [0.15, 0.2) is 29.2 Å². The normalized spacial score (nSPS) is 41.0. The van der Waals surface area contributed by atoms with Gasteiger partial charge in [-0.15, -0.1) is 0 Å². The lowest BCUT2D eigenvalue weighted by Gasteiger charge is -2.51. The third kappa shape index (κ3) is 4.62. The highest BCUT2D eigenvalue weighted by atomic mass is 32.2. The zero-order valence-corrected chi connectivity index (χ0v) is 22.5. The molecule has 5 aliphatic rings. The fraction of sp³-hybridized carbons (Fsp3) is 0.793. The summed E-state index contributed by atoms with van der Waals surface area (Å²) in [7, 11) is -3.19. The molecule has 1 saturated heterocycles. The van der Waals surface area contributed by atoms with Crippen LogP contribution in [0, 0.1) is 23.7 Å². The number of nitrogens with one attached hydrogen (secondary N) is 3. The molecule has 4 saturated carbocycles. The Hall–Kier alpha value is -0.950. The van der Waals surface area contributed by atoms with Gasteiger partial charge >= 0.3 is 0 Å². The highest BCUT2D eigenvalue weighted by Crippen LogP contribution is 2.61. The molecule has 1 heterocycles. The molecule has 5 nitrogen and oxygen atoms in total. The van der Waals surface area contributed by atoms with Gasteiger partial charge in [0.2, 0.25) is 0 Å². The molecular weight excluding hydrogens is 454 g/mol. The summed E-state index contributed by atoms with van der Waals surface area (Å²) in [6, 6.07) is 7.92. The molecule has 0 radical (unpaired) electrons. The van der Waals surface area contributed by atoms with Gasteiger partial charge in [0.15, 0.2) is 9.84 Å². The first-order chi connectivity index (χ1) is 16.8. The van der Waals surface area contributed by atoms with Crippen molar-refractivity contribution in [1.82, 2.24) is 16.0 Å². The molecule has 5 fully saturated rings. The van der Waals surface area contributed by atoms with Crippen molar-refractivity contribution in [2.45, 2.75) is 112 Å². The van der Waals surface area contributed by atoms with Crippen LogP contribution in [-0.4, -0.2) is 38.5 Å². The third-order valence-electron chi connectivity index (χ3n) is 10.5. The average Bonchev–Trinajstić information content (AvgIpc) is 3.00. The van der Waals surface area contributed by atoms with Gasteiger partial charge in [0, 0.05) is 23.9 Å². The van der Waals surface area contributed by atoms with Crippen LogP contribution in [-0.2, 0) is 9.84 Å². The number of hydrogen-bond acceptors (Lipinski definition) is 5. The van der Waals surface area contributed by atoms with E-state index in [1.807, 2.05) is 0 Å². The standard InChI is InChI=1S/C29H45N3O2S/c1-20-14-22-15-23-17-28(16-20,18-25(22)23)32-26-19-30-29(12-6-4-3-5-7-13-29)27(31-26)21-8-10-24(11-9-21)35(2,33)34/h8-11,20,22-23,25-27,30-32H,3-7,12-19H2,1-2H3. The minimum absolute atomic E-state index is 0.0411. The van der Waals surface area contributed by atoms with Crippen molar-refractivity contribution in [3.8, 4) is 0 Å². The lowest BCUT2D eigenvalue weighted by Crippen LogP contribution is -2.70. The van der Waals surface area contributed by atoms with E-state index < -0.39 is 9.84 Å². The van der Waals surface area contributed by atoms with Gasteiger partial charge in [-0.2, -0.15) is 0 Å². The topological polar surface area (TPSA) is 70.2 Å². The maximum atomic E-state index is 12.1. The maximum Gasteiger partial charge on any atom is 0.175 e. The Morgan fingerprint density at radius 3 is 2.34 bits per heavy atom. The second-order valence-corrected chi connectivity index (χ2v) is 15.1. The zero-order chi connectivity index (χ0) is 24.3. The maximum absolute atomic E-state index is 12.1. The van der Waals surface area contributed by atoms with Crippen molar-refractivity contribution in [3.05, 3.63) is 29.8 Å². The summed E-state index contributed by atoms with van der Waals surface area (Å²) < 4.78 is 24.2. The van der Waals surface area contributed by atoms with Crippen LogP contribution in [0.1, 0.15) is 95.6 Å². The van der Waals surface area contributed by atoms with E-state index in [1.165, 1.54) is 88.9 Å². The first kappa shape index (κ1) is 24.4. The predicted molar refractivity (Wildman–Crippen MR) is 141 cm³/mol. The van der Waals surface area contributed by atoms with E-state index in [9.17, 15) is 8.42 Å². The van der Waals surface area contributed by atoms with Gasteiger partial charge in [-0.1, -0.05) is 51.2 Å². The van der Waals surface area contributed by atoms with E-state index in [-0.39, 0.29) is 23.3 Å². The van der Waals surface area contributed by atoms with Crippen molar-refractivity contribution in [3.63, 3.8) is 0 Å². The summed E-state index contributed by atoms with van der Waals surface area (Å²) in [5, 5.41) is 12.4. The van der Waals surface area contributed by atoms with Crippen LogP contribution in [0.25, 0.3) is 0 Å². The monoisotopic (exact) mass is 499 g/mol. The molecule has 194 valence electrons. The van der Waals surface area contributed by atoms with Crippen molar-refractivity contribution in [2.24, 2.45) is 23.7 Å². The van der Waals surface area contributed by atoms with Gasteiger partial charge < -0.3 is 5.32 Å². The summed E-state index contributed by atoms with van der Waals surface area (Å²) in [6.07, 6.45) is 17.3.